The van der Waals surface area contributed by atoms with Crippen molar-refractivity contribution in [2.45, 2.75) is 13.5 Å². The van der Waals surface area contributed by atoms with Gasteiger partial charge in [-0.25, -0.2) is 9.97 Å². The highest BCUT2D eigenvalue weighted by atomic mass is 16.5. The molecule has 0 aromatic carbocycles. The quantitative estimate of drug-likeness (QED) is 0.774. The molecule has 0 amide bonds. The predicted molar refractivity (Wildman–Crippen MR) is 90.1 cm³/mol. The average Bonchev–Trinajstić information content (AvgIpc) is 3.09. The minimum Gasteiger partial charge on any atom is -0.378 e. The summed E-state index contributed by atoms with van der Waals surface area (Å²) in [5.41, 5.74) is 2.04. The number of nitrogens with zero attached hydrogens (tertiary/aromatic N) is 6. The van der Waals surface area contributed by atoms with E-state index in [0.29, 0.717) is 12.3 Å². The Labute approximate surface area is 139 Å². The van der Waals surface area contributed by atoms with Crippen LogP contribution in [0.25, 0.3) is 5.78 Å². The molecule has 0 aliphatic carbocycles. The summed E-state index contributed by atoms with van der Waals surface area (Å²) in [4.78, 5) is 15.3. The molecule has 24 heavy (non-hydrogen) atoms. The molecular formula is C16H19N7O. The number of nitrogens with one attached hydrogen (secondary N) is 1. The zero-order chi connectivity index (χ0) is 16.4. The maximum atomic E-state index is 5.43. The zero-order valence-corrected chi connectivity index (χ0v) is 13.5. The van der Waals surface area contributed by atoms with Gasteiger partial charge in [-0.05, 0) is 13.0 Å². The Kier molecular flexibility index (Phi) is 3.96. The van der Waals surface area contributed by atoms with Crippen LogP contribution in [0.4, 0.5) is 11.6 Å². The second-order valence-electron chi connectivity index (χ2n) is 5.69. The smallest absolute Gasteiger partial charge is 0.254 e. The molecule has 1 fully saturated rings. The Morgan fingerprint density at radius 2 is 2.12 bits per heavy atom. The second kappa shape index (κ2) is 6.40. The first-order valence-corrected chi connectivity index (χ1v) is 7.99. The number of ether oxygens (including phenoxy) is 1. The van der Waals surface area contributed by atoms with Crippen molar-refractivity contribution in [1.29, 1.82) is 0 Å². The van der Waals surface area contributed by atoms with Crippen LogP contribution in [-0.2, 0) is 11.3 Å². The van der Waals surface area contributed by atoms with E-state index in [1.807, 2.05) is 25.3 Å². The maximum absolute atomic E-state index is 5.43. The van der Waals surface area contributed by atoms with Gasteiger partial charge >= 0.3 is 0 Å². The van der Waals surface area contributed by atoms with E-state index in [-0.39, 0.29) is 0 Å². The van der Waals surface area contributed by atoms with Crippen molar-refractivity contribution in [2.24, 2.45) is 0 Å². The number of aryl methyl sites for hydroxylation is 1. The van der Waals surface area contributed by atoms with E-state index < -0.39 is 0 Å². The van der Waals surface area contributed by atoms with E-state index in [2.05, 4.69) is 36.3 Å². The van der Waals surface area contributed by atoms with E-state index in [9.17, 15) is 0 Å². The molecule has 4 rings (SSSR count). The normalized spacial score (nSPS) is 15.0. The molecule has 1 N–H and O–H groups in total. The lowest BCUT2D eigenvalue weighted by molar-refractivity contribution is 0.122. The molecule has 8 heteroatoms. The first-order chi connectivity index (χ1) is 11.8. The highest BCUT2D eigenvalue weighted by molar-refractivity contribution is 5.50. The van der Waals surface area contributed by atoms with Gasteiger partial charge in [-0.3, -0.25) is 0 Å². The molecule has 0 bridgehead atoms. The third-order valence-corrected chi connectivity index (χ3v) is 4.02. The van der Waals surface area contributed by atoms with Gasteiger partial charge in [-0.1, -0.05) is 6.07 Å². The number of rotatable bonds is 4. The molecule has 1 aliphatic heterocycles. The Hall–Kier alpha value is -2.74. The molecule has 0 radical (unpaired) electrons. The summed E-state index contributed by atoms with van der Waals surface area (Å²) >= 11 is 0. The second-order valence-corrected chi connectivity index (χ2v) is 5.69. The van der Waals surface area contributed by atoms with Crippen molar-refractivity contribution < 1.29 is 4.74 Å². The Bertz CT molecular complexity index is 841. The number of anilines is 2. The topological polar surface area (TPSA) is 80.5 Å². The van der Waals surface area contributed by atoms with Crippen molar-refractivity contribution in [3.05, 3.63) is 42.0 Å². The van der Waals surface area contributed by atoms with Crippen LogP contribution in [0.5, 0.6) is 0 Å². The van der Waals surface area contributed by atoms with Crippen LogP contribution in [0.3, 0.4) is 0 Å². The summed E-state index contributed by atoms with van der Waals surface area (Å²) in [6, 6.07) is 6.02. The zero-order valence-electron chi connectivity index (χ0n) is 13.5. The number of pyridine rings is 1. The lowest BCUT2D eigenvalue weighted by atomic mass is 10.2. The van der Waals surface area contributed by atoms with Crippen LogP contribution in [0, 0.1) is 6.92 Å². The van der Waals surface area contributed by atoms with Crippen LogP contribution < -0.4 is 10.2 Å². The first kappa shape index (κ1) is 14.8. The fourth-order valence-electron chi connectivity index (χ4n) is 2.87. The molecule has 1 saturated heterocycles. The molecule has 124 valence electrons. The third kappa shape index (κ3) is 2.88. The Morgan fingerprint density at radius 1 is 1.25 bits per heavy atom. The van der Waals surface area contributed by atoms with Gasteiger partial charge in [-0.15, -0.1) is 0 Å². The molecule has 1 aliphatic rings. The van der Waals surface area contributed by atoms with Gasteiger partial charge in [0.2, 0.25) is 0 Å². The molecule has 0 unspecified atom stereocenters. The van der Waals surface area contributed by atoms with E-state index in [4.69, 9.17) is 4.74 Å². The van der Waals surface area contributed by atoms with Crippen LogP contribution in [0.2, 0.25) is 0 Å². The monoisotopic (exact) mass is 325 g/mol. The molecule has 3 aromatic rings. The molecule has 0 spiro atoms. The molecule has 8 nitrogen and oxygen atoms in total. The maximum Gasteiger partial charge on any atom is 0.254 e. The molecule has 4 heterocycles. The van der Waals surface area contributed by atoms with Crippen molar-refractivity contribution >= 4 is 17.4 Å². The number of hydrogen-bond acceptors (Lipinski definition) is 7. The third-order valence-electron chi connectivity index (χ3n) is 4.02. The number of morpholine rings is 1. The Morgan fingerprint density at radius 3 is 3.00 bits per heavy atom. The van der Waals surface area contributed by atoms with Crippen LogP contribution in [0.15, 0.2) is 30.7 Å². The highest BCUT2D eigenvalue weighted by Gasteiger charge is 2.16. The van der Waals surface area contributed by atoms with Gasteiger partial charge in [0.15, 0.2) is 0 Å². The summed E-state index contributed by atoms with van der Waals surface area (Å²) < 4.78 is 7.14. The SMILES string of the molecule is Cc1cc(NCc2cccnc2N2CCOCC2)n2ncnc2n1. The van der Waals surface area contributed by atoms with E-state index in [0.717, 1.165) is 49.2 Å². The van der Waals surface area contributed by atoms with Crippen LogP contribution in [0.1, 0.15) is 11.3 Å². The van der Waals surface area contributed by atoms with Crippen LogP contribution in [-0.4, -0.2) is 50.9 Å². The van der Waals surface area contributed by atoms with Crippen molar-refractivity contribution in [3.8, 4) is 0 Å². The minimum absolute atomic E-state index is 0.595. The van der Waals surface area contributed by atoms with Gasteiger partial charge < -0.3 is 15.0 Å². The van der Waals surface area contributed by atoms with Crippen molar-refractivity contribution in [3.63, 3.8) is 0 Å². The van der Waals surface area contributed by atoms with Gasteiger partial charge in [0.25, 0.3) is 5.78 Å². The summed E-state index contributed by atoms with van der Waals surface area (Å²) in [5.74, 6) is 2.47. The fraction of sp³-hybridized carbons (Fsp3) is 0.375. The number of hydrogen-bond donors (Lipinski definition) is 1. The van der Waals surface area contributed by atoms with Crippen molar-refractivity contribution in [1.82, 2.24) is 24.6 Å². The average molecular weight is 325 g/mol. The standard InChI is InChI=1S/C16H19N7O/c1-12-9-14(23-16(21-12)19-11-20-23)18-10-13-3-2-4-17-15(13)22-5-7-24-8-6-22/h2-4,9,11,18H,5-8,10H2,1H3. The van der Waals surface area contributed by atoms with Crippen LogP contribution >= 0.6 is 0 Å². The van der Waals surface area contributed by atoms with Gasteiger partial charge in [0.05, 0.1) is 13.2 Å². The summed E-state index contributed by atoms with van der Waals surface area (Å²) in [5, 5.41) is 7.66. The lowest BCUT2D eigenvalue weighted by Crippen LogP contribution is -2.37. The predicted octanol–water partition coefficient (Wildman–Crippen LogP) is 1.28. The largest absolute Gasteiger partial charge is 0.378 e. The molecular weight excluding hydrogens is 306 g/mol. The van der Waals surface area contributed by atoms with Crippen molar-refractivity contribution in [2.75, 3.05) is 36.5 Å². The minimum atomic E-state index is 0.595. The highest BCUT2D eigenvalue weighted by Crippen LogP contribution is 2.20. The summed E-state index contributed by atoms with van der Waals surface area (Å²) in [7, 11) is 0. The molecule has 3 aromatic heterocycles. The Balaban J connectivity index is 1.58. The summed E-state index contributed by atoms with van der Waals surface area (Å²) in [6.07, 6.45) is 3.34. The number of fused-ring (bicyclic) bond motifs is 1. The molecule has 0 saturated carbocycles. The van der Waals surface area contributed by atoms with Gasteiger partial charge in [0.1, 0.15) is 18.0 Å². The van der Waals surface area contributed by atoms with Gasteiger partial charge in [0, 0.05) is 43.2 Å². The molecule has 0 atom stereocenters. The first-order valence-electron chi connectivity index (χ1n) is 7.99. The fourth-order valence-corrected chi connectivity index (χ4v) is 2.87. The van der Waals surface area contributed by atoms with E-state index >= 15 is 0 Å². The number of aromatic nitrogens is 5. The van der Waals surface area contributed by atoms with E-state index in [1.54, 1.807) is 4.52 Å². The van der Waals surface area contributed by atoms with Gasteiger partial charge in [-0.2, -0.15) is 14.6 Å². The lowest BCUT2D eigenvalue weighted by Gasteiger charge is -2.29. The van der Waals surface area contributed by atoms with E-state index in [1.165, 1.54) is 6.33 Å². The summed E-state index contributed by atoms with van der Waals surface area (Å²) in [6.45, 7) is 5.82.